The van der Waals surface area contributed by atoms with Gasteiger partial charge in [0.25, 0.3) is 0 Å². The monoisotopic (exact) mass is 365 g/mol. The van der Waals surface area contributed by atoms with E-state index in [2.05, 4.69) is 0 Å². The van der Waals surface area contributed by atoms with Crippen molar-refractivity contribution < 1.29 is 22.7 Å². The smallest absolute Gasteiger partial charge is 0.175 e. The number of hydrogen-bond donors (Lipinski definition) is 1. The van der Waals surface area contributed by atoms with Crippen LogP contribution in [-0.2, 0) is 16.4 Å². The van der Waals surface area contributed by atoms with Crippen molar-refractivity contribution in [1.29, 1.82) is 0 Å². The van der Waals surface area contributed by atoms with Gasteiger partial charge in [-0.2, -0.15) is 0 Å². The SMILES string of the molecule is CS(=O)(=O)c1ccc(N2CCC(Oc3cccc(CO)c3)C2)c(F)c1. The fraction of sp³-hybridized carbons (Fsp3) is 0.333. The van der Waals surface area contributed by atoms with Gasteiger partial charge < -0.3 is 14.7 Å². The van der Waals surface area contributed by atoms with Crippen LogP contribution < -0.4 is 9.64 Å². The molecule has 0 amide bonds. The Morgan fingerprint density at radius 2 is 2.08 bits per heavy atom. The standard InChI is InChI=1S/C18H20FNO4S/c1-25(22,23)16-5-6-18(17(19)10-16)20-8-7-15(11-20)24-14-4-2-3-13(9-14)12-21/h2-6,9-10,15,21H,7-8,11-12H2,1H3. The highest BCUT2D eigenvalue weighted by Gasteiger charge is 2.26. The first-order valence-corrected chi connectivity index (χ1v) is 9.87. The minimum absolute atomic E-state index is 0.0263. The summed E-state index contributed by atoms with van der Waals surface area (Å²) in [7, 11) is -3.43. The summed E-state index contributed by atoms with van der Waals surface area (Å²) in [6.45, 7) is 1.09. The lowest BCUT2D eigenvalue weighted by molar-refractivity contribution is 0.223. The van der Waals surface area contributed by atoms with Crippen LogP contribution in [0.4, 0.5) is 10.1 Å². The van der Waals surface area contributed by atoms with Gasteiger partial charge in [0.2, 0.25) is 0 Å². The number of hydrogen-bond acceptors (Lipinski definition) is 5. The summed E-state index contributed by atoms with van der Waals surface area (Å²) in [6, 6.07) is 11.2. The zero-order valence-electron chi connectivity index (χ0n) is 13.9. The molecule has 25 heavy (non-hydrogen) atoms. The molecule has 0 saturated carbocycles. The van der Waals surface area contributed by atoms with Gasteiger partial charge in [0.15, 0.2) is 9.84 Å². The van der Waals surface area contributed by atoms with Crippen LogP contribution in [0.25, 0.3) is 0 Å². The molecule has 134 valence electrons. The minimum Gasteiger partial charge on any atom is -0.489 e. The molecular formula is C18H20FNO4S. The highest BCUT2D eigenvalue weighted by atomic mass is 32.2. The van der Waals surface area contributed by atoms with Gasteiger partial charge in [-0.1, -0.05) is 12.1 Å². The maximum Gasteiger partial charge on any atom is 0.175 e. The van der Waals surface area contributed by atoms with E-state index in [0.29, 0.717) is 24.5 Å². The van der Waals surface area contributed by atoms with Crippen molar-refractivity contribution in [1.82, 2.24) is 0 Å². The highest BCUT2D eigenvalue weighted by molar-refractivity contribution is 7.90. The predicted molar refractivity (Wildman–Crippen MR) is 93.1 cm³/mol. The molecule has 1 saturated heterocycles. The summed E-state index contributed by atoms with van der Waals surface area (Å²) in [5.41, 5.74) is 1.15. The lowest BCUT2D eigenvalue weighted by Gasteiger charge is -2.20. The van der Waals surface area contributed by atoms with Crippen LogP contribution in [0.2, 0.25) is 0 Å². The van der Waals surface area contributed by atoms with Crippen molar-refractivity contribution in [3.63, 3.8) is 0 Å². The molecule has 0 bridgehead atoms. The van der Waals surface area contributed by atoms with Gasteiger partial charge in [-0.05, 0) is 35.9 Å². The largest absolute Gasteiger partial charge is 0.489 e. The van der Waals surface area contributed by atoms with Crippen LogP contribution in [-0.4, -0.2) is 39.0 Å². The normalized spacial score (nSPS) is 17.7. The highest BCUT2D eigenvalue weighted by Crippen LogP contribution is 2.28. The Morgan fingerprint density at radius 1 is 1.28 bits per heavy atom. The molecule has 0 aromatic heterocycles. The van der Waals surface area contributed by atoms with E-state index in [1.165, 1.54) is 12.1 Å². The Labute approximate surface area is 146 Å². The lowest BCUT2D eigenvalue weighted by Crippen LogP contribution is -2.25. The van der Waals surface area contributed by atoms with Crippen molar-refractivity contribution in [2.24, 2.45) is 0 Å². The quantitative estimate of drug-likeness (QED) is 0.881. The maximum absolute atomic E-state index is 14.3. The summed E-state index contributed by atoms with van der Waals surface area (Å²) in [5.74, 6) is 0.122. The van der Waals surface area contributed by atoms with Crippen LogP contribution >= 0.6 is 0 Å². The topological polar surface area (TPSA) is 66.8 Å². The van der Waals surface area contributed by atoms with Gasteiger partial charge >= 0.3 is 0 Å². The van der Waals surface area contributed by atoms with Crippen LogP contribution in [0.3, 0.4) is 0 Å². The second kappa shape index (κ2) is 7.01. The zero-order valence-corrected chi connectivity index (χ0v) is 14.7. The molecule has 1 aliphatic heterocycles. The summed E-state index contributed by atoms with van der Waals surface area (Å²) >= 11 is 0. The molecule has 3 rings (SSSR count). The van der Waals surface area contributed by atoms with Gasteiger partial charge in [0.1, 0.15) is 17.7 Å². The summed E-state index contributed by atoms with van der Waals surface area (Å²) in [6.07, 6.45) is 1.70. The number of rotatable bonds is 5. The third kappa shape index (κ3) is 4.11. The van der Waals surface area contributed by atoms with Gasteiger partial charge in [-0.15, -0.1) is 0 Å². The molecule has 2 aromatic carbocycles. The summed E-state index contributed by atoms with van der Waals surface area (Å²) < 4.78 is 43.2. The van der Waals surface area contributed by atoms with E-state index >= 15 is 0 Å². The summed E-state index contributed by atoms with van der Waals surface area (Å²) in [4.78, 5) is 1.82. The van der Waals surface area contributed by atoms with E-state index in [0.717, 1.165) is 24.3 Å². The van der Waals surface area contributed by atoms with Gasteiger partial charge in [0.05, 0.1) is 23.7 Å². The van der Waals surface area contributed by atoms with Crippen LogP contribution in [0.1, 0.15) is 12.0 Å². The third-order valence-corrected chi connectivity index (χ3v) is 5.33. The van der Waals surface area contributed by atoms with Gasteiger partial charge in [-0.3, -0.25) is 0 Å². The van der Waals surface area contributed by atoms with Crippen molar-refractivity contribution in [3.05, 3.63) is 53.8 Å². The van der Waals surface area contributed by atoms with Crippen molar-refractivity contribution in [2.45, 2.75) is 24.0 Å². The first-order chi connectivity index (χ1) is 11.9. The third-order valence-electron chi connectivity index (χ3n) is 4.22. The molecule has 1 aliphatic rings. The second-order valence-corrected chi connectivity index (χ2v) is 8.18. The Balaban J connectivity index is 1.70. The molecule has 7 heteroatoms. The second-order valence-electron chi connectivity index (χ2n) is 6.17. The number of aliphatic hydroxyl groups excluding tert-OH is 1. The van der Waals surface area contributed by atoms with Crippen molar-refractivity contribution >= 4 is 15.5 Å². The lowest BCUT2D eigenvalue weighted by atomic mass is 10.2. The molecule has 1 fully saturated rings. The van der Waals surface area contributed by atoms with Crippen LogP contribution in [0, 0.1) is 5.82 Å². The molecule has 5 nitrogen and oxygen atoms in total. The first-order valence-electron chi connectivity index (χ1n) is 7.98. The Morgan fingerprint density at radius 3 is 2.76 bits per heavy atom. The van der Waals surface area contributed by atoms with E-state index in [1.54, 1.807) is 6.07 Å². The molecule has 1 heterocycles. The Kier molecular flexibility index (Phi) is 4.96. The number of benzene rings is 2. The Hall–Kier alpha value is -2.12. The fourth-order valence-electron chi connectivity index (χ4n) is 2.93. The number of anilines is 1. The molecule has 0 spiro atoms. The molecule has 2 aromatic rings. The molecular weight excluding hydrogens is 345 g/mol. The molecule has 0 radical (unpaired) electrons. The van der Waals surface area contributed by atoms with Crippen molar-refractivity contribution in [2.75, 3.05) is 24.2 Å². The average molecular weight is 365 g/mol. The molecule has 0 aliphatic carbocycles. The number of halogens is 1. The van der Waals surface area contributed by atoms with Gasteiger partial charge in [0, 0.05) is 19.2 Å². The molecule has 1 N–H and O–H groups in total. The van der Waals surface area contributed by atoms with Gasteiger partial charge in [-0.25, -0.2) is 12.8 Å². The first kappa shape index (κ1) is 17.7. The summed E-state index contributed by atoms with van der Waals surface area (Å²) in [5, 5.41) is 9.18. The number of sulfone groups is 1. The minimum atomic E-state index is -3.43. The maximum atomic E-state index is 14.3. The number of ether oxygens (including phenoxy) is 1. The number of nitrogens with zero attached hydrogens (tertiary/aromatic N) is 1. The van der Waals surface area contributed by atoms with Crippen LogP contribution in [0.5, 0.6) is 5.75 Å². The van der Waals surface area contributed by atoms with Crippen LogP contribution in [0.15, 0.2) is 47.4 Å². The van der Waals surface area contributed by atoms with E-state index in [4.69, 9.17) is 4.74 Å². The van der Waals surface area contributed by atoms with E-state index in [1.807, 2.05) is 23.1 Å². The molecule has 1 unspecified atom stereocenters. The van der Waals surface area contributed by atoms with Crippen molar-refractivity contribution in [3.8, 4) is 5.75 Å². The molecule has 1 atom stereocenters. The fourth-order valence-corrected chi connectivity index (χ4v) is 3.56. The zero-order chi connectivity index (χ0) is 18.0. The van der Waals surface area contributed by atoms with E-state index in [9.17, 15) is 17.9 Å². The average Bonchev–Trinajstić information content (AvgIpc) is 3.02. The Bertz CT molecular complexity index is 869. The van der Waals surface area contributed by atoms with E-state index in [-0.39, 0.29) is 17.6 Å². The van der Waals surface area contributed by atoms with E-state index < -0.39 is 15.7 Å². The number of aliphatic hydroxyl groups is 1. The predicted octanol–water partition coefficient (Wildman–Crippen LogP) is 2.38.